The van der Waals surface area contributed by atoms with Gasteiger partial charge in [0.25, 0.3) is 0 Å². The van der Waals surface area contributed by atoms with Gasteiger partial charge >= 0.3 is 17.9 Å². The largest absolute Gasteiger partial charge is 0.459 e. The lowest BCUT2D eigenvalue weighted by atomic mass is 9.79. The molecule has 9 heteroatoms. The van der Waals surface area contributed by atoms with Gasteiger partial charge in [0, 0.05) is 19.8 Å². The molecule has 8 rings (SSSR count). The fraction of sp³-hybridized carbons (Fsp3) is 0.286. The molecule has 0 saturated carbocycles. The van der Waals surface area contributed by atoms with E-state index >= 15 is 4.79 Å². The van der Waals surface area contributed by atoms with Gasteiger partial charge in [-0.2, -0.15) is 0 Å². The number of esters is 3. The fourth-order valence-electron chi connectivity index (χ4n) is 9.61. The Morgan fingerprint density at radius 1 is 0.477 bits per heavy atom. The molecule has 0 unspecified atom stereocenters. The zero-order chi connectivity index (χ0) is 46.1. The zero-order valence-electron chi connectivity index (χ0n) is 38.0. The van der Waals surface area contributed by atoms with E-state index in [0.717, 1.165) is 55.6 Å². The summed E-state index contributed by atoms with van der Waals surface area (Å²) in [6.45, 7) is 11.9. The average molecular weight is 869 g/mol. The molecule has 0 radical (unpaired) electrons. The average Bonchev–Trinajstić information content (AvgIpc) is 3.73. The molecule has 2 N–H and O–H groups in total. The van der Waals surface area contributed by atoms with Crippen molar-refractivity contribution in [3.05, 3.63) is 191 Å². The van der Waals surface area contributed by atoms with E-state index in [-0.39, 0.29) is 6.42 Å². The summed E-state index contributed by atoms with van der Waals surface area (Å²) in [4.78, 5) is 57.6. The van der Waals surface area contributed by atoms with Crippen molar-refractivity contribution in [3.8, 4) is 22.3 Å². The van der Waals surface area contributed by atoms with E-state index in [1.165, 1.54) is 6.92 Å². The number of carbonyl (C=O) groups excluding carboxylic acids is 4. The number of rotatable bonds is 14. The second-order valence-electron chi connectivity index (χ2n) is 18.9. The Morgan fingerprint density at radius 3 is 1.15 bits per heavy atom. The minimum atomic E-state index is -1.49. The SMILES string of the molecule is CC(=O)O[C@H](C[C@H](NC1(c2ccccc2)c2ccccc2-c2ccccc21)C(=O)OC(C)(C)C)C(=O)C[C@H](NC1(c2ccccc2)c2ccccc2-c2ccccc21)C(=O)OC(C)(C)C. The summed E-state index contributed by atoms with van der Waals surface area (Å²) in [6.07, 6.45) is -2.23. The van der Waals surface area contributed by atoms with Crippen molar-refractivity contribution < 1.29 is 33.4 Å². The number of fused-ring (bicyclic) bond motifs is 6. The van der Waals surface area contributed by atoms with Crippen LogP contribution in [0.3, 0.4) is 0 Å². The minimum absolute atomic E-state index is 0.303. The highest BCUT2D eigenvalue weighted by Gasteiger charge is 2.50. The van der Waals surface area contributed by atoms with Crippen LogP contribution in [-0.2, 0) is 44.5 Å². The lowest BCUT2D eigenvalue weighted by Crippen LogP contribution is -2.56. The van der Waals surface area contributed by atoms with E-state index in [1.807, 2.05) is 133 Å². The van der Waals surface area contributed by atoms with E-state index in [4.69, 9.17) is 14.2 Å². The number of ketones is 1. The predicted molar refractivity (Wildman–Crippen MR) is 252 cm³/mol. The summed E-state index contributed by atoms with van der Waals surface area (Å²) in [5, 5.41) is 7.42. The number of hydrogen-bond donors (Lipinski definition) is 2. The van der Waals surface area contributed by atoms with Gasteiger partial charge in [-0.1, -0.05) is 158 Å². The second-order valence-corrected chi connectivity index (χ2v) is 18.9. The van der Waals surface area contributed by atoms with E-state index in [0.29, 0.717) is 0 Å². The highest BCUT2D eigenvalue weighted by Crippen LogP contribution is 2.53. The van der Waals surface area contributed by atoms with Crippen LogP contribution in [0.2, 0.25) is 0 Å². The maximum Gasteiger partial charge on any atom is 0.324 e. The van der Waals surface area contributed by atoms with Crippen LogP contribution < -0.4 is 10.6 Å². The predicted octanol–water partition coefficient (Wildman–Crippen LogP) is 9.81. The number of nitrogens with one attached hydrogen (secondary N) is 2. The van der Waals surface area contributed by atoms with E-state index in [9.17, 15) is 14.4 Å². The van der Waals surface area contributed by atoms with E-state index < -0.39 is 70.6 Å². The first-order valence-electron chi connectivity index (χ1n) is 22.2. The molecule has 2 aliphatic rings. The Balaban J connectivity index is 1.23. The van der Waals surface area contributed by atoms with Crippen LogP contribution in [0.15, 0.2) is 158 Å². The van der Waals surface area contributed by atoms with Gasteiger partial charge in [0.15, 0.2) is 11.9 Å². The van der Waals surface area contributed by atoms with Crippen molar-refractivity contribution in [2.45, 2.75) is 102 Å². The topological polar surface area (TPSA) is 120 Å². The van der Waals surface area contributed by atoms with E-state index in [2.05, 4.69) is 34.9 Å². The van der Waals surface area contributed by atoms with Crippen LogP contribution >= 0.6 is 0 Å². The van der Waals surface area contributed by atoms with Crippen LogP contribution in [0.25, 0.3) is 22.3 Å². The van der Waals surface area contributed by atoms with Crippen LogP contribution in [0.5, 0.6) is 0 Å². The number of carbonyl (C=O) groups is 4. The van der Waals surface area contributed by atoms with Crippen LogP contribution in [-0.4, -0.2) is 53.1 Å². The molecular weight excluding hydrogens is 813 g/mol. The van der Waals surface area contributed by atoms with Crippen LogP contribution in [0, 0.1) is 0 Å². The summed E-state index contributed by atoms with van der Waals surface area (Å²) >= 11 is 0. The quantitative estimate of drug-likeness (QED) is 0.0815. The third-order valence-corrected chi connectivity index (χ3v) is 12.0. The van der Waals surface area contributed by atoms with Crippen molar-refractivity contribution in [1.82, 2.24) is 10.6 Å². The van der Waals surface area contributed by atoms with Crippen LogP contribution in [0.1, 0.15) is 94.7 Å². The first kappa shape index (κ1) is 44.9. The molecule has 0 aliphatic heterocycles. The lowest BCUT2D eigenvalue weighted by molar-refractivity contribution is -0.164. The first-order chi connectivity index (χ1) is 31.0. The van der Waals surface area contributed by atoms with Crippen molar-refractivity contribution in [1.29, 1.82) is 0 Å². The van der Waals surface area contributed by atoms with Gasteiger partial charge in [-0.15, -0.1) is 0 Å². The first-order valence-corrected chi connectivity index (χ1v) is 22.2. The number of ether oxygens (including phenoxy) is 3. The van der Waals surface area contributed by atoms with Crippen LogP contribution in [0.4, 0.5) is 0 Å². The molecule has 2 aliphatic carbocycles. The normalized spacial score (nSPS) is 15.6. The molecule has 0 saturated heterocycles. The van der Waals surface area contributed by atoms with Gasteiger partial charge in [0.05, 0.1) is 11.1 Å². The molecule has 6 aromatic carbocycles. The minimum Gasteiger partial charge on any atom is -0.459 e. The van der Waals surface area contributed by atoms with Crippen molar-refractivity contribution in [2.75, 3.05) is 0 Å². The zero-order valence-corrected chi connectivity index (χ0v) is 38.0. The Bertz CT molecular complexity index is 2640. The standard InChI is InChI=1S/C56H56N2O7/c1-36(59)63-50(35-48(52(62)65-54(5,6)7)58-56(38-24-12-9-13-25-38)45-32-20-16-28-41(45)42-29-17-21-33-46(42)56)49(60)34-47(51(61)64-53(2,3)4)57-55(37-22-10-8-11-23-37)43-30-18-14-26-39(43)40-27-15-19-31-44(40)55/h8-33,47-48,50,57-58H,34-35H2,1-7H3/t47-,48-,50+/m0/s1. The summed E-state index contributed by atoms with van der Waals surface area (Å²) in [5.41, 5.74) is 5.29. The monoisotopic (exact) mass is 868 g/mol. The highest BCUT2D eigenvalue weighted by atomic mass is 16.6. The summed E-state index contributed by atoms with van der Waals surface area (Å²) in [6, 6.07) is 49.3. The smallest absolute Gasteiger partial charge is 0.324 e. The van der Waals surface area contributed by atoms with Gasteiger partial charge in [0.2, 0.25) is 0 Å². The Morgan fingerprint density at radius 2 is 0.800 bits per heavy atom. The highest BCUT2D eigenvalue weighted by molar-refractivity contribution is 5.92. The fourth-order valence-corrected chi connectivity index (χ4v) is 9.61. The van der Waals surface area contributed by atoms with E-state index in [1.54, 1.807) is 41.5 Å². The van der Waals surface area contributed by atoms with Crippen molar-refractivity contribution >= 4 is 23.7 Å². The number of benzene rings is 6. The van der Waals surface area contributed by atoms with Crippen molar-refractivity contribution in [2.24, 2.45) is 0 Å². The molecule has 0 aromatic heterocycles. The van der Waals surface area contributed by atoms with Gasteiger partial charge in [-0.25, -0.2) is 0 Å². The molecule has 6 aromatic rings. The molecular formula is C56H56N2O7. The Labute approximate surface area is 381 Å². The number of hydrogen-bond acceptors (Lipinski definition) is 9. The Kier molecular flexibility index (Phi) is 12.2. The summed E-state index contributed by atoms with van der Waals surface area (Å²) in [5.74, 6) is -2.60. The van der Waals surface area contributed by atoms with Gasteiger partial charge < -0.3 is 14.2 Å². The summed E-state index contributed by atoms with van der Waals surface area (Å²) in [7, 11) is 0. The maximum atomic E-state index is 15.2. The van der Waals surface area contributed by atoms with Gasteiger partial charge in [-0.05, 0) is 97.2 Å². The molecule has 0 amide bonds. The lowest BCUT2D eigenvalue weighted by Gasteiger charge is -2.39. The molecule has 0 fully saturated rings. The maximum absolute atomic E-state index is 15.2. The number of Topliss-reactive ketones (excluding diaryl/α,β-unsaturated/α-hetero) is 1. The third-order valence-electron chi connectivity index (χ3n) is 12.0. The molecule has 3 atom stereocenters. The molecule has 0 spiro atoms. The molecule has 9 nitrogen and oxygen atoms in total. The molecule has 0 heterocycles. The third kappa shape index (κ3) is 8.78. The van der Waals surface area contributed by atoms with Gasteiger partial charge in [-0.3, -0.25) is 29.8 Å². The van der Waals surface area contributed by atoms with Gasteiger partial charge in [0.1, 0.15) is 23.3 Å². The second kappa shape index (κ2) is 17.7. The Hall–Kier alpha value is -6.68. The summed E-state index contributed by atoms with van der Waals surface area (Å²) < 4.78 is 18.1. The van der Waals surface area contributed by atoms with Crippen molar-refractivity contribution in [3.63, 3.8) is 0 Å². The molecule has 0 bridgehead atoms. The molecule has 65 heavy (non-hydrogen) atoms. The molecule has 332 valence electrons.